The third-order valence-corrected chi connectivity index (χ3v) is 3.16. The van der Waals surface area contributed by atoms with E-state index in [-0.39, 0.29) is 0 Å². The van der Waals surface area contributed by atoms with Crippen molar-refractivity contribution in [2.45, 2.75) is 25.4 Å². The molecule has 0 saturated heterocycles. The van der Waals surface area contributed by atoms with Gasteiger partial charge >= 0.3 is 0 Å². The lowest BCUT2D eigenvalue weighted by atomic mass is 10.1. The van der Waals surface area contributed by atoms with Gasteiger partial charge in [-0.15, -0.1) is 0 Å². The minimum Gasteiger partial charge on any atom is -0.381 e. The summed E-state index contributed by atoms with van der Waals surface area (Å²) in [5, 5.41) is 0. The van der Waals surface area contributed by atoms with Crippen LogP contribution in [0.5, 0.6) is 0 Å². The van der Waals surface area contributed by atoms with Gasteiger partial charge in [0.1, 0.15) is 0 Å². The largest absolute Gasteiger partial charge is 0.381 e. The summed E-state index contributed by atoms with van der Waals surface area (Å²) in [6.07, 6.45) is 4.12. The predicted molar refractivity (Wildman–Crippen MR) is 67.8 cm³/mol. The predicted octanol–water partition coefficient (Wildman–Crippen LogP) is 1.28. The molecule has 2 atom stereocenters. The number of rotatable bonds is 3. The molecule has 4 heteroatoms. The van der Waals surface area contributed by atoms with Crippen LogP contribution < -0.4 is 0 Å². The van der Waals surface area contributed by atoms with E-state index in [1.165, 1.54) is 19.3 Å². The molecule has 0 aromatic carbocycles. The van der Waals surface area contributed by atoms with Crippen LogP contribution in [0.3, 0.4) is 0 Å². The lowest BCUT2D eigenvalue weighted by molar-refractivity contribution is 0.0741. The molecule has 1 aliphatic rings. The van der Waals surface area contributed by atoms with Crippen molar-refractivity contribution in [3.8, 4) is 0 Å². The first-order valence-electron chi connectivity index (χ1n) is 5.98. The highest BCUT2D eigenvalue weighted by molar-refractivity contribution is 5.79. The molecule has 16 heavy (non-hydrogen) atoms. The molecule has 1 fully saturated rings. The molecule has 0 aromatic rings. The fourth-order valence-electron chi connectivity index (χ4n) is 2.40. The standard InChI is InChI=1S/C12H25N3O/c1-14(2)12(15(3)4)13-9-10-7-6-8-11(10)16-5/h10-11H,6-9H2,1-5H3. The molecule has 1 rings (SSSR count). The lowest BCUT2D eigenvalue weighted by Crippen LogP contribution is -2.36. The van der Waals surface area contributed by atoms with E-state index in [2.05, 4.69) is 9.80 Å². The number of aliphatic imine (C=N–C) groups is 1. The maximum atomic E-state index is 5.48. The molecular formula is C12H25N3O. The Morgan fingerprint density at radius 3 is 2.31 bits per heavy atom. The van der Waals surface area contributed by atoms with Crippen molar-refractivity contribution in [1.82, 2.24) is 9.80 Å². The van der Waals surface area contributed by atoms with Crippen molar-refractivity contribution < 1.29 is 4.74 Å². The van der Waals surface area contributed by atoms with Gasteiger partial charge in [-0.3, -0.25) is 4.99 Å². The highest BCUT2D eigenvalue weighted by Crippen LogP contribution is 2.27. The van der Waals surface area contributed by atoms with Crippen LogP contribution >= 0.6 is 0 Å². The summed E-state index contributed by atoms with van der Waals surface area (Å²) in [4.78, 5) is 8.80. The third-order valence-electron chi connectivity index (χ3n) is 3.16. The van der Waals surface area contributed by atoms with Gasteiger partial charge in [0.15, 0.2) is 5.96 Å². The molecule has 94 valence electrons. The number of methoxy groups -OCH3 is 1. The molecule has 0 bridgehead atoms. The van der Waals surface area contributed by atoms with Crippen molar-refractivity contribution in [2.75, 3.05) is 41.8 Å². The molecule has 0 radical (unpaired) electrons. The van der Waals surface area contributed by atoms with E-state index in [9.17, 15) is 0 Å². The first-order chi connectivity index (χ1) is 7.56. The third kappa shape index (κ3) is 3.37. The number of hydrogen-bond acceptors (Lipinski definition) is 2. The highest BCUT2D eigenvalue weighted by atomic mass is 16.5. The van der Waals surface area contributed by atoms with E-state index in [1.54, 1.807) is 0 Å². The Kier molecular flexibility index (Phi) is 5.06. The maximum absolute atomic E-state index is 5.48. The fourth-order valence-corrected chi connectivity index (χ4v) is 2.40. The van der Waals surface area contributed by atoms with Gasteiger partial charge in [-0.1, -0.05) is 6.42 Å². The Labute approximate surface area is 99.3 Å². The topological polar surface area (TPSA) is 28.1 Å². The minimum atomic E-state index is 0.411. The Hall–Kier alpha value is -0.770. The summed E-state index contributed by atoms with van der Waals surface area (Å²) in [6, 6.07) is 0. The van der Waals surface area contributed by atoms with Crippen molar-refractivity contribution in [3.63, 3.8) is 0 Å². The first-order valence-corrected chi connectivity index (χ1v) is 5.98. The Bertz CT molecular complexity index is 228. The van der Waals surface area contributed by atoms with Gasteiger partial charge < -0.3 is 14.5 Å². The summed E-state index contributed by atoms with van der Waals surface area (Å²) in [6.45, 7) is 0.879. The molecule has 4 nitrogen and oxygen atoms in total. The van der Waals surface area contributed by atoms with Gasteiger partial charge in [-0.25, -0.2) is 0 Å². The molecule has 0 heterocycles. The van der Waals surface area contributed by atoms with Crippen LogP contribution in [0.15, 0.2) is 4.99 Å². The van der Waals surface area contributed by atoms with Gasteiger partial charge in [0, 0.05) is 47.8 Å². The maximum Gasteiger partial charge on any atom is 0.195 e. The second kappa shape index (κ2) is 6.09. The number of ether oxygens (including phenoxy) is 1. The van der Waals surface area contributed by atoms with Crippen molar-refractivity contribution in [1.29, 1.82) is 0 Å². The number of hydrogen-bond donors (Lipinski definition) is 0. The molecule has 1 saturated carbocycles. The number of nitrogens with zero attached hydrogens (tertiary/aromatic N) is 3. The summed E-state index contributed by atoms with van der Waals surface area (Å²) in [5.41, 5.74) is 0. The van der Waals surface area contributed by atoms with Crippen LogP contribution in [0, 0.1) is 5.92 Å². The second-order valence-electron chi connectivity index (χ2n) is 4.89. The summed E-state index contributed by atoms with van der Waals surface area (Å²) >= 11 is 0. The number of guanidine groups is 1. The van der Waals surface area contributed by atoms with Crippen molar-refractivity contribution in [2.24, 2.45) is 10.9 Å². The molecule has 2 unspecified atom stereocenters. The second-order valence-corrected chi connectivity index (χ2v) is 4.89. The van der Waals surface area contributed by atoms with E-state index < -0.39 is 0 Å². The Morgan fingerprint density at radius 2 is 1.81 bits per heavy atom. The van der Waals surface area contributed by atoms with E-state index in [4.69, 9.17) is 9.73 Å². The molecular weight excluding hydrogens is 202 g/mol. The summed E-state index contributed by atoms with van der Waals surface area (Å²) in [5.74, 6) is 1.63. The van der Waals surface area contributed by atoms with Gasteiger partial charge in [0.05, 0.1) is 6.10 Å². The van der Waals surface area contributed by atoms with Gasteiger partial charge in [-0.05, 0) is 12.8 Å². The summed E-state index contributed by atoms with van der Waals surface area (Å²) in [7, 11) is 9.93. The zero-order valence-electron chi connectivity index (χ0n) is 11.2. The summed E-state index contributed by atoms with van der Waals surface area (Å²) < 4.78 is 5.48. The highest BCUT2D eigenvalue weighted by Gasteiger charge is 2.26. The van der Waals surface area contributed by atoms with Crippen LogP contribution in [0.25, 0.3) is 0 Å². The molecule has 1 aliphatic carbocycles. The van der Waals surface area contributed by atoms with Crippen LogP contribution in [0.4, 0.5) is 0 Å². The van der Waals surface area contributed by atoms with Crippen LogP contribution in [0.2, 0.25) is 0 Å². The first kappa shape index (κ1) is 13.3. The van der Waals surface area contributed by atoms with E-state index in [1.807, 2.05) is 35.3 Å². The average molecular weight is 227 g/mol. The van der Waals surface area contributed by atoms with Crippen molar-refractivity contribution in [3.05, 3.63) is 0 Å². The monoisotopic (exact) mass is 227 g/mol. The zero-order chi connectivity index (χ0) is 12.1. The lowest BCUT2D eigenvalue weighted by Gasteiger charge is -2.24. The molecule has 0 aliphatic heterocycles. The van der Waals surface area contributed by atoms with E-state index in [0.29, 0.717) is 12.0 Å². The fraction of sp³-hybridized carbons (Fsp3) is 0.917. The minimum absolute atomic E-state index is 0.411. The van der Waals surface area contributed by atoms with Gasteiger partial charge in [0.25, 0.3) is 0 Å². The van der Waals surface area contributed by atoms with Crippen molar-refractivity contribution >= 4 is 5.96 Å². The zero-order valence-corrected chi connectivity index (χ0v) is 11.2. The normalized spacial score (nSPS) is 24.3. The van der Waals surface area contributed by atoms with E-state index >= 15 is 0 Å². The van der Waals surface area contributed by atoms with Crippen LogP contribution in [-0.2, 0) is 4.74 Å². The molecule has 0 N–H and O–H groups in total. The average Bonchev–Trinajstić information content (AvgIpc) is 2.64. The van der Waals surface area contributed by atoms with Crippen LogP contribution in [-0.4, -0.2) is 63.7 Å². The van der Waals surface area contributed by atoms with Gasteiger partial charge in [-0.2, -0.15) is 0 Å². The van der Waals surface area contributed by atoms with Crippen LogP contribution in [0.1, 0.15) is 19.3 Å². The molecule has 0 amide bonds. The molecule has 0 aromatic heterocycles. The SMILES string of the molecule is COC1CCCC1CN=C(N(C)C)N(C)C. The Morgan fingerprint density at radius 1 is 1.19 bits per heavy atom. The smallest absolute Gasteiger partial charge is 0.195 e. The van der Waals surface area contributed by atoms with Gasteiger partial charge in [0.2, 0.25) is 0 Å². The van der Waals surface area contributed by atoms with E-state index in [0.717, 1.165) is 12.5 Å². The quantitative estimate of drug-likeness (QED) is 0.537. The Balaban J connectivity index is 2.55. The molecule has 0 spiro atoms.